The van der Waals surface area contributed by atoms with E-state index in [-0.39, 0.29) is 11.3 Å². The van der Waals surface area contributed by atoms with E-state index < -0.39 is 17.7 Å². The molecule has 0 saturated carbocycles. The van der Waals surface area contributed by atoms with Crippen LogP contribution < -0.4 is 4.90 Å². The van der Waals surface area contributed by atoms with Crippen molar-refractivity contribution in [3.8, 4) is 0 Å². The summed E-state index contributed by atoms with van der Waals surface area (Å²) in [5, 5.41) is 12.0. The van der Waals surface area contributed by atoms with E-state index in [0.29, 0.717) is 21.3 Å². The highest BCUT2D eigenvalue weighted by Crippen LogP contribution is 2.44. The van der Waals surface area contributed by atoms with Crippen LogP contribution in [-0.2, 0) is 9.59 Å². The third kappa shape index (κ3) is 3.38. The van der Waals surface area contributed by atoms with Gasteiger partial charge in [-0.15, -0.1) is 0 Å². The number of benzene rings is 3. The van der Waals surface area contributed by atoms with Crippen molar-refractivity contribution in [3.63, 3.8) is 0 Å². The first-order valence-electron chi connectivity index (χ1n) is 9.93. The number of hydrogen-bond acceptors (Lipinski definition) is 5. The van der Waals surface area contributed by atoms with Gasteiger partial charge in [0.1, 0.15) is 5.76 Å². The van der Waals surface area contributed by atoms with E-state index in [2.05, 4.69) is 4.98 Å². The second-order valence-corrected chi connectivity index (χ2v) is 9.00. The Bertz CT molecular complexity index is 1390. The molecule has 32 heavy (non-hydrogen) atoms. The molecule has 1 saturated heterocycles. The molecule has 1 aliphatic heterocycles. The Labute approximate surface area is 193 Å². The first-order valence-corrected chi connectivity index (χ1v) is 11.1. The number of nitrogens with zero attached hydrogens (tertiary/aromatic N) is 2. The Morgan fingerprint density at radius 1 is 1.03 bits per heavy atom. The number of aliphatic hydroxyl groups excluding tert-OH is 1. The highest BCUT2D eigenvalue weighted by Gasteiger charge is 2.48. The number of anilines is 1. The molecule has 3 aromatic carbocycles. The van der Waals surface area contributed by atoms with Crippen molar-refractivity contribution in [2.75, 3.05) is 4.90 Å². The molecule has 1 aliphatic rings. The number of ketones is 1. The second kappa shape index (κ2) is 7.89. The van der Waals surface area contributed by atoms with E-state index in [1.54, 1.807) is 48.5 Å². The van der Waals surface area contributed by atoms with Crippen LogP contribution in [-0.4, -0.2) is 21.8 Å². The maximum absolute atomic E-state index is 13.2. The molecular weight excluding hydrogens is 444 g/mol. The fourth-order valence-electron chi connectivity index (χ4n) is 3.86. The largest absolute Gasteiger partial charge is 0.507 e. The molecule has 0 spiro atoms. The summed E-state index contributed by atoms with van der Waals surface area (Å²) in [6.45, 7) is 1.98. The number of rotatable bonds is 3. The maximum Gasteiger partial charge on any atom is 0.301 e. The molecule has 7 heteroatoms. The molecule has 0 bridgehead atoms. The number of carbonyl (C=O) groups is 2. The van der Waals surface area contributed by atoms with Gasteiger partial charge < -0.3 is 5.11 Å². The number of aliphatic hydroxyl groups is 1. The van der Waals surface area contributed by atoms with Crippen molar-refractivity contribution in [1.29, 1.82) is 0 Å². The number of halogens is 1. The molecule has 1 N–H and O–H groups in total. The summed E-state index contributed by atoms with van der Waals surface area (Å²) in [7, 11) is 0. The number of amides is 1. The lowest BCUT2D eigenvalue weighted by atomic mass is 9.95. The van der Waals surface area contributed by atoms with Crippen LogP contribution in [0.5, 0.6) is 0 Å². The molecule has 0 aliphatic carbocycles. The number of thiazole rings is 1. The first-order chi connectivity index (χ1) is 15.4. The minimum Gasteiger partial charge on any atom is -0.507 e. The normalized spacial score (nSPS) is 17.9. The molecule has 0 radical (unpaired) electrons. The van der Waals surface area contributed by atoms with Crippen LogP contribution in [0.3, 0.4) is 0 Å². The van der Waals surface area contributed by atoms with Gasteiger partial charge in [0.25, 0.3) is 5.78 Å². The van der Waals surface area contributed by atoms with E-state index in [4.69, 9.17) is 11.6 Å². The summed E-state index contributed by atoms with van der Waals surface area (Å²) in [5.74, 6) is -1.69. The zero-order chi connectivity index (χ0) is 22.4. The summed E-state index contributed by atoms with van der Waals surface area (Å²) in [5.41, 5.74) is 2.97. The van der Waals surface area contributed by atoms with Gasteiger partial charge in [-0.05, 0) is 42.3 Å². The molecule has 2 heterocycles. The van der Waals surface area contributed by atoms with Gasteiger partial charge in [0.05, 0.1) is 21.8 Å². The lowest BCUT2D eigenvalue weighted by Gasteiger charge is -2.23. The fourth-order valence-corrected chi connectivity index (χ4v) is 5.08. The lowest BCUT2D eigenvalue weighted by Crippen LogP contribution is -2.29. The van der Waals surface area contributed by atoms with Gasteiger partial charge in [0.15, 0.2) is 5.13 Å². The zero-order valence-corrected chi connectivity index (χ0v) is 18.5. The SMILES string of the molecule is Cc1ccc2nc(N3C(=O)C(=O)C(=C(O)c4ccccc4)C3c3ccc(Cl)cc3)sc2c1. The standard InChI is InChI=1S/C25H17ClN2O3S/c1-14-7-12-18-19(13-14)32-25(27-18)28-21(15-8-10-17(26)11-9-15)20(23(30)24(28)31)22(29)16-5-3-2-4-6-16/h2-13,21,29H,1H3. The van der Waals surface area contributed by atoms with Crippen LogP contribution >= 0.6 is 22.9 Å². The molecule has 4 aromatic rings. The van der Waals surface area contributed by atoms with Gasteiger partial charge >= 0.3 is 5.91 Å². The highest BCUT2D eigenvalue weighted by atomic mass is 35.5. The Hall–Kier alpha value is -3.48. The molecule has 1 fully saturated rings. The number of aryl methyl sites for hydroxylation is 1. The maximum atomic E-state index is 13.2. The Balaban J connectivity index is 1.73. The van der Waals surface area contributed by atoms with E-state index >= 15 is 0 Å². The van der Waals surface area contributed by atoms with Gasteiger partial charge in [0.2, 0.25) is 0 Å². The summed E-state index contributed by atoms with van der Waals surface area (Å²) in [6, 6.07) is 20.6. The van der Waals surface area contributed by atoms with Crippen LogP contribution in [0.4, 0.5) is 5.13 Å². The molecule has 5 nitrogen and oxygen atoms in total. The Kier molecular flexibility index (Phi) is 5.04. The van der Waals surface area contributed by atoms with Crippen molar-refractivity contribution >= 4 is 55.7 Å². The average Bonchev–Trinajstić information content (AvgIpc) is 3.32. The minimum absolute atomic E-state index is 0.0268. The van der Waals surface area contributed by atoms with Gasteiger partial charge in [-0.3, -0.25) is 14.5 Å². The minimum atomic E-state index is -0.825. The molecule has 158 valence electrons. The topological polar surface area (TPSA) is 70.5 Å². The fraction of sp³-hybridized carbons (Fsp3) is 0.0800. The van der Waals surface area contributed by atoms with Crippen LogP contribution in [0, 0.1) is 6.92 Å². The Morgan fingerprint density at radius 2 is 1.75 bits per heavy atom. The van der Waals surface area contributed by atoms with Gasteiger partial charge in [-0.1, -0.05) is 71.5 Å². The van der Waals surface area contributed by atoms with Crippen molar-refractivity contribution in [2.45, 2.75) is 13.0 Å². The third-order valence-corrected chi connectivity index (χ3v) is 6.69. The number of Topliss-reactive ketones (excluding diaryl/α,β-unsaturated/α-hetero) is 1. The quantitative estimate of drug-likeness (QED) is 0.235. The van der Waals surface area contributed by atoms with E-state index in [0.717, 1.165) is 15.8 Å². The van der Waals surface area contributed by atoms with E-state index in [1.807, 2.05) is 31.2 Å². The highest BCUT2D eigenvalue weighted by molar-refractivity contribution is 7.22. The summed E-state index contributed by atoms with van der Waals surface area (Å²) in [6.07, 6.45) is 0. The van der Waals surface area contributed by atoms with Crippen molar-refractivity contribution in [3.05, 3.63) is 100 Å². The molecule has 1 atom stereocenters. The van der Waals surface area contributed by atoms with E-state index in [1.165, 1.54) is 16.2 Å². The van der Waals surface area contributed by atoms with Gasteiger partial charge in [0, 0.05) is 10.6 Å². The number of aromatic nitrogens is 1. The predicted octanol–water partition coefficient (Wildman–Crippen LogP) is 5.88. The van der Waals surface area contributed by atoms with Crippen LogP contribution in [0.2, 0.25) is 5.02 Å². The van der Waals surface area contributed by atoms with Crippen molar-refractivity contribution < 1.29 is 14.7 Å². The molecule has 1 aromatic heterocycles. The summed E-state index contributed by atoms with van der Waals surface area (Å²) in [4.78, 5) is 32.4. The lowest BCUT2D eigenvalue weighted by molar-refractivity contribution is -0.132. The number of fused-ring (bicyclic) bond motifs is 1. The van der Waals surface area contributed by atoms with E-state index in [9.17, 15) is 14.7 Å². The monoisotopic (exact) mass is 460 g/mol. The Morgan fingerprint density at radius 3 is 2.47 bits per heavy atom. The zero-order valence-electron chi connectivity index (χ0n) is 16.9. The average molecular weight is 461 g/mol. The summed E-state index contributed by atoms with van der Waals surface area (Å²) < 4.78 is 0.916. The first kappa shape index (κ1) is 20.4. The van der Waals surface area contributed by atoms with Crippen molar-refractivity contribution in [1.82, 2.24) is 4.98 Å². The number of carbonyl (C=O) groups excluding carboxylic acids is 2. The second-order valence-electron chi connectivity index (χ2n) is 7.55. The number of hydrogen-bond donors (Lipinski definition) is 1. The third-order valence-electron chi connectivity index (χ3n) is 5.42. The van der Waals surface area contributed by atoms with Gasteiger partial charge in [-0.25, -0.2) is 4.98 Å². The van der Waals surface area contributed by atoms with Crippen LogP contribution in [0.15, 0.2) is 78.4 Å². The van der Waals surface area contributed by atoms with Crippen molar-refractivity contribution in [2.24, 2.45) is 0 Å². The van der Waals surface area contributed by atoms with Gasteiger partial charge in [-0.2, -0.15) is 0 Å². The molecular formula is C25H17ClN2O3S. The van der Waals surface area contributed by atoms with Crippen LogP contribution in [0.1, 0.15) is 22.7 Å². The van der Waals surface area contributed by atoms with Crippen LogP contribution in [0.25, 0.3) is 16.0 Å². The molecule has 1 unspecified atom stereocenters. The predicted molar refractivity (Wildman–Crippen MR) is 127 cm³/mol. The smallest absolute Gasteiger partial charge is 0.301 e. The molecule has 1 amide bonds. The summed E-state index contributed by atoms with van der Waals surface area (Å²) >= 11 is 7.41. The molecule has 5 rings (SSSR count).